The first-order valence-corrected chi connectivity index (χ1v) is 10.0. The van der Waals surface area contributed by atoms with Crippen molar-refractivity contribution in [2.75, 3.05) is 12.4 Å². The summed E-state index contributed by atoms with van der Waals surface area (Å²) in [6.45, 7) is 0.260. The van der Waals surface area contributed by atoms with Crippen LogP contribution in [-0.2, 0) is 36.6 Å². The Kier molecular flexibility index (Phi) is 6.34. The fourth-order valence-corrected chi connectivity index (χ4v) is 4.53. The maximum absolute atomic E-state index is 12.9. The summed E-state index contributed by atoms with van der Waals surface area (Å²) in [4.78, 5) is 59.8. The number of esters is 1. The number of ether oxygens (including phenoxy) is 1. The number of alkyl halides is 3. The summed E-state index contributed by atoms with van der Waals surface area (Å²) < 4.78 is 44.3. The molecule has 1 aromatic rings. The minimum Gasteiger partial charge on any atom is -0.477 e. The number of halogens is 3. The van der Waals surface area contributed by atoms with Crippen LogP contribution < -0.4 is 10.7 Å². The quantitative estimate of drug-likeness (QED) is 0.439. The van der Waals surface area contributed by atoms with Gasteiger partial charge in [0.25, 0.3) is 5.91 Å². The Morgan fingerprint density at radius 2 is 2.00 bits per heavy atom. The Morgan fingerprint density at radius 3 is 2.59 bits per heavy atom. The van der Waals surface area contributed by atoms with Gasteiger partial charge >= 0.3 is 18.1 Å². The number of hydrogen-bond donors (Lipinski definition) is 2. The van der Waals surface area contributed by atoms with Gasteiger partial charge in [0.15, 0.2) is 5.43 Å². The SMILES string of the molecule is CC(=O)OCC1=C(C(=O)O)N2C(=O)[C@@H](NC(=O)Cn3ccc(=O)c(C(F)(F)F)c3)[C@H]2SC1. The molecule has 0 spiro atoms. The number of aromatic nitrogens is 1. The van der Waals surface area contributed by atoms with E-state index in [-0.39, 0.29) is 23.6 Å². The molecule has 2 aliphatic heterocycles. The number of thioether (sulfide) groups is 1. The molecule has 2 amide bonds. The van der Waals surface area contributed by atoms with Gasteiger partial charge in [-0.2, -0.15) is 13.2 Å². The van der Waals surface area contributed by atoms with E-state index in [1.165, 1.54) is 0 Å². The molecule has 0 aromatic carbocycles. The Morgan fingerprint density at radius 1 is 1.31 bits per heavy atom. The standard InChI is InChI=1S/C18H16F3N3O7S/c1-8(25)31-6-9-7-32-16-13(15(28)24(16)14(9)17(29)30)22-12(27)5-23-3-2-11(26)10(4-23)18(19,20)21/h2-4,13,16H,5-7H2,1H3,(H,22,27)(H,29,30)/t13-,16-/m1/s1. The second-order valence-corrected chi connectivity index (χ2v) is 7.99. The molecule has 14 heteroatoms. The zero-order valence-electron chi connectivity index (χ0n) is 16.3. The number of β-lactam (4-membered cyclic amide) rings is 1. The molecule has 172 valence electrons. The van der Waals surface area contributed by atoms with E-state index in [0.717, 1.165) is 34.3 Å². The fraction of sp³-hybridized carbons (Fsp3) is 0.389. The second kappa shape index (κ2) is 8.68. The fourth-order valence-electron chi connectivity index (χ4n) is 3.20. The Balaban J connectivity index is 1.70. The number of rotatable bonds is 6. The number of nitrogens with zero attached hydrogens (tertiary/aromatic N) is 2. The maximum atomic E-state index is 12.9. The first-order chi connectivity index (χ1) is 14.9. The van der Waals surface area contributed by atoms with Crippen molar-refractivity contribution in [1.82, 2.24) is 14.8 Å². The van der Waals surface area contributed by atoms with Gasteiger partial charge in [-0.15, -0.1) is 11.8 Å². The Hall–Kier alpha value is -3.29. The van der Waals surface area contributed by atoms with E-state index >= 15 is 0 Å². The number of pyridine rings is 1. The molecule has 2 aliphatic rings. The number of carboxylic acids is 1. The monoisotopic (exact) mass is 475 g/mol. The molecule has 3 rings (SSSR count). The highest BCUT2D eigenvalue weighted by Gasteiger charge is 2.54. The molecule has 0 unspecified atom stereocenters. The summed E-state index contributed by atoms with van der Waals surface area (Å²) in [6, 6.07) is -0.406. The third-order valence-corrected chi connectivity index (χ3v) is 5.96. The number of carbonyl (C=O) groups is 4. The van der Waals surface area contributed by atoms with Crippen molar-refractivity contribution in [3.8, 4) is 0 Å². The van der Waals surface area contributed by atoms with E-state index in [4.69, 9.17) is 4.74 Å². The van der Waals surface area contributed by atoms with Crippen LogP contribution in [-0.4, -0.2) is 62.1 Å². The third-order valence-electron chi connectivity index (χ3n) is 4.63. The topological polar surface area (TPSA) is 135 Å². The molecule has 0 radical (unpaired) electrons. The number of fused-ring (bicyclic) bond motifs is 1. The van der Waals surface area contributed by atoms with Crippen molar-refractivity contribution in [1.29, 1.82) is 0 Å². The van der Waals surface area contributed by atoms with Crippen LogP contribution in [0.2, 0.25) is 0 Å². The third kappa shape index (κ3) is 4.64. The van der Waals surface area contributed by atoms with Crippen LogP contribution in [0.15, 0.2) is 34.5 Å². The summed E-state index contributed by atoms with van der Waals surface area (Å²) in [7, 11) is 0. The van der Waals surface area contributed by atoms with E-state index in [9.17, 15) is 42.3 Å². The van der Waals surface area contributed by atoms with Crippen LogP contribution in [0.1, 0.15) is 12.5 Å². The number of nitrogens with one attached hydrogen (secondary N) is 1. The van der Waals surface area contributed by atoms with E-state index in [0.29, 0.717) is 12.3 Å². The first kappa shape index (κ1) is 23.4. The summed E-state index contributed by atoms with van der Waals surface area (Å²) in [5.41, 5.74) is -2.78. The highest BCUT2D eigenvalue weighted by molar-refractivity contribution is 8.00. The summed E-state index contributed by atoms with van der Waals surface area (Å²) >= 11 is 1.14. The molecular weight excluding hydrogens is 459 g/mol. The number of carboxylic acid groups (broad SMARTS) is 1. The van der Waals surface area contributed by atoms with E-state index in [2.05, 4.69) is 5.32 Å². The van der Waals surface area contributed by atoms with Crippen molar-refractivity contribution in [3.63, 3.8) is 0 Å². The lowest BCUT2D eigenvalue weighted by atomic mass is 10.0. The van der Waals surface area contributed by atoms with Crippen LogP contribution >= 0.6 is 11.8 Å². The van der Waals surface area contributed by atoms with Crippen LogP contribution in [0.4, 0.5) is 13.2 Å². The van der Waals surface area contributed by atoms with Crippen molar-refractivity contribution in [3.05, 3.63) is 45.5 Å². The molecule has 0 saturated carbocycles. The highest BCUT2D eigenvalue weighted by Crippen LogP contribution is 2.40. The van der Waals surface area contributed by atoms with Crippen molar-refractivity contribution in [2.45, 2.75) is 31.1 Å². The van der Waals surface area contributed by atoms with Crippen LogP contribution in [0.25, 0.3) is 0 Å². The van der Waals surface area contributed by atoms with Crippen LogP contribution in [0, 0.1) is 0 Å². The zero-order valence-corrected chi connectivity index (χ0v) is 17.2. The number of hydrogen-bond acceptors (Lipinski definition) is 7. The van der Waals surface area contributed by atoms with E-state index in [1.54, 1.807) is 0 Å². The molecule has 3 heterocycles. The lowest BCUT2D eigenvalue weighted by Gasteiger charge is -2.49. The predicted molar refractivity (Wildman–Crippen MR) is 102 cm³/mol. The number of amides is 2. The van der Waals surface area contributed by atoms with Gasteiger partial charge in [0, 0.05) is 36.7 Å². The number of aliphatic carboxylic acids is 1. The molecule has 0 bridgehead atoms. The van der Waals surface area contributed by atoms with Gasteiger partial charge in [-0.3, -0.25) is 24.1 Å². The van der Waals surface area contributed by atoms with Gasteiger partial charge in [-0.25, -0.2) is 4.79 Å². The predicted octanol–water partition coefficient (Wildman–Crippen LogP) is 0.169. The largest absolute Gasteiger partial charge is 0.477 e. The highest BCUT2D eigenvalue weighted by atomic mass is 32.2. The second-order valence-electron chi connectivity index (χ2n) is 6.89. The van der Waals surface area contributed by atoms with Gasteiger partial charge in [-0.1, -0.05) is 0 Å². The van der Waals surface area contributed by atoms with Crippen molar-refractivity contribution < 1.29 is 42.2 Å². The van der Waals surface area contributed by atoms with Gasteiger partial charge in [-0.05, 0) is 0 Å². The van der Waals surface area contributed by atoms with E-state index < -0.39 is 58.9 Å². The average molecular weight is 475 g/mol. The molecule has 32 heavy (non-hydrogen) atoms. The number of carbonyl (C=O) groups excluding carboxylic acids is 3. The maximum Gasteiger partial charge on any atom is 0.421 e. The summed E-state index contributed by atoms with van der Waals surface area (Å²) in [5.74, 6) is -3.41. The van der Waals surface area contributed by atoms with Crippen LogP contribution in [0.3, 0.4) is 0 Å². The van der Waals surface area contributed by atoms with Crippen LogP contribution in [0.5, 0.6) is 0 Å². The molecule has 1 fully saturated rings. The Bertz CT molecular complexity index is 1080. The van der Waals surface area contributed by atoms with Gasteiger partial charge in [0.1, 0.15) is 35.8 Å². The summed E-state index contributed by atoms with van der Waals surface area (Å²) in [6.07, 6.45) is -3.38. The first-order valence-electron chi connectivity index (χ1n) is 9.00. The molecule has 0 aliphatic carbocycles. The van der Waals surface area contributed by atoms with E-state index in [1.807, 2.05) is 0 Å². The molecule has 1 aromatic heterocycles. The lowest BCUT2D eigenvalue weighted by molar-refractivity contribution is -0.151. The molecular formula is C18H16F3N3O7S. The van der Waals surface area contributed by atoms with Crippen molar-refractivity contribution >= 4 is 35.5 Å². The van der Waals surface area contributed by atoms with Gasteiger partial charge in [0.05, 0.1) is 0 Å². The minimum atomic E-state index is -4.89. The zero-order chi connectivity index (χ0) is 23.8. The normalized spacial score (nSPS) is 20.4. The molecule has 10 nitrogen and oxygen atoms in total. The summed E-state index contributed by atoms with van der Waals surface area (Å²) in [5, 5.41) is 11.1. The van der Waals surface area contributed by atoms with Crippen molar-refractivity contribution in [2.24, 2.45) is 0 Å². The molecule has 2 atom stereocenters. The lowest BCUT2D eigenvalue weighted by Crippen LogP contribution is -2.70. The molecule has 1 saturated heterocycles. The van der Waals surface area contributed by atoms with Gasteiger partial charge in [0.2, 0.25) is 5.91 Å². The Labute approximate surface area is 182 Å². The van der Waals surface area contributed by atoms with Gasteiger partial charge < -0.3 is 19.7 Å². The minimum absolute atomic E-state index is 0.129. The molecule has 2 N–H and O–H groups in total. The average Bonchev–Trinajstić information content (AvgIpc) is 2.70. The smallest absolute Gasteiger partial charge is 0.421 e.